The van der Waals surface area contributed by atoms with Crippen molar-refractivity contribution in [1.29, 1.82) is 0 Å². The fraction of sp³-hybridized carbons (Fsp3) is 0.433. The molecule has 1 saturated heterocycles. The Bertz CT molecular complexity index is 1180. The van der Waals surface area contributed by atoms with E-state index in [4.69, 9.17) is 0 Å². The van der Waals surface area contributed by atoms with Crippen molar-refractivity contribution in [2.45, 2.75) is 51.4 Å². The van der Waals surface area contributed by atoms with Crippen LogP contribution >= 0.6 is 0 Å². The molecule has 2 aliphatic rings. The molecule has 4 aromatic rings. The van der Waals surface area contributed by atoms with Gasteiger partial charge in [-0.05, 0) is 87.8 Å². The minimum atomic E-state index is 0.713. The first-order valence-electron chi connectivity index (χ1n) is 13.2. The van der Waals surface area contributed by atoms with Gasteiger partial charge in [0.15, 0.2) is 0 Å². The molecular formula is C30H36N4. The highest BCUT2D eigenvalue weighted by Gasteiger charge is 2.36. The van der Waals surface area contributed by atoms with Gasteiger partial charge in [0.2, 0.25) is 0 Å². The van der Waals surface area contributed by atoms with Gasteiger partial charge in [-0.3, -0.25) is 14.7 Å². The molecule has 0 amide bonds. The van der Waals surface area contributed by atoms with Gasteiger partial charge in [0.1, 0.15) is 0 Å². The summed E-state index contributed by atoms with van der Waals surface area (Å²) < 4.78 is 2.42. The van der Waals surface area contributed by atoms with Gasteiger partial charge in [-0.15, -0.1) is 0 Å². The predicted molar refractivity (Wildman–Crippen MR) is 142 cm³/mol. The van der Waals surface area contributed by atoms with E-state index >= 15 is 0 Å². The monoisotopic (exact) mass is 452 g/mol. The molecule has 4 heteroatoms. The number of likely N-dealkylation sites (tertiary alicyclic amines) is 1. The van der Waals surface area contributed by atoms with Crippen LogP contribution in [0.25, 0.3) is 21.8 Å². The lowest BCUT2D eigenvalue weighted by Gasteiger charge is -2.39. The molecule has 34 heavy (non-hydrogen) atoms. The van der Waals surface area contributed by atoms with E-state index in [9.17, 15) is 0 Å². The Morgan fingerprint density at radius 3 is 2.00 bits per heavy atom. The lowest BCUT2D eigenvalue weighted by molar-refractivity contribution is 0.107. The van der Waals surface area contributed by atoms with E-state index in [0.717, 1.165) is 6.54 Å². The smallest absolute Gasteiger partial charge is 0.0712 e. The van der Waals surface area contributed by atoms with Crippen molar-refractivity contribution in [1.82, 2.24) is 14.6 Å². The average Bonchev–Trinajstić information content (AvgIpc) is 3.49. The van der Waals surface area contributed by atoms with Gasteiger partial charge in [0.05, 0.1) is 16.7 Å². The van der Waals surface area contributed by atoms with Crippen LogP contribution in [-0.2, 0) is 0 Å². The number of para-hydroxylation sites is 2. The van der Waals surface area contributed by atoms with Crippen LogP contribution in [-0.4, -0.2) is 40.7 Å². The van der Waals surface area contributed by atoms with Gasteiger partial charge in [-0.2, -0.15) is 0 Å². The van der Waals surface area contributed by atoms with E-state index in [-0.39, 0.29) is 0 Å². The maximum Gasteiger partial charge on any atom is 0.0712 e. The Morgan fingerprint density at radius 1 is 0.735 bits per heavy atom. The highest BCUT2D eigenvalue weighted by Crippen LogP contribution is 2.46. The summed E-state index contributed by atoms with van der Waals surface area (Å²) in [7, 11) is 0. The summed E-state index contributed by atoms with van der Waals surface area (Å²) in [6.45, 7) is 4.83. The van der Waals surface area contributed by atoms with Gasteiger partial charge >= 0.3 is 0 Å². The third kappa shape index (κ3) is 4.09. The zero-order valence-electron chi connectivity index (χ0n) is 20.2. The first-order chi connectivity index (χ1) is 16.8. The molecule has 0 unspecified atom stereocenters. The first kappa shape index (κ1) is 21.7. The molecule has 176 valence electrons. The third-order valence-corrected chi connectivity index (χ3v) is 8.43. The molecule has 1 saturated carbocycles. The topological polar surface area (TPSA) is 24.3 Å². The van der Waals surface area contributed by atoms with Crippen LogP contribution in [0.2, 0.25) is 0 Å². The number of anilines is 1. The number of hydrogen-bond donors (Lipinski definition) is 0. The second-order valence-corrected chi connectivity index (χ2v) is 10.4. The number of rotatable bonds is 7. The first-order valence-corrected chi connectivity index (χ1v) is 13.2. The minimum Gasteiger partial charge on any atom is -0.303 e. The zero-order chi connectivity index (χ0) is 22.8. The normalized spacial score (nSPS) is 18.2. The van der Waals surface area contributed by atoms with Crippen LogP contribution in [0.15, 0.2) is 73.1 Å². The van der Waals surface area contributed by atoms with E-state index in [1.165, 1.54) is 98.5 Å². The second kappa shape index (κ2) is 9.42. The summed E-state index contributed by atoms with van der Waals surface area (Å²) in [4.78, 5) is 7.00. The van der Waals surface area contributed by atoms with Gasteiger partial charge < -0.3 is 4.90 Å². The van der Waals surface area contributed by atoms with Gasteiger partial charge in [-0.1, -0.05) is 49.2 Å². The van der Waals surface area contributed by atoms with Crippen molar-refractivity contribution in [3.63, 3.8) is 0 Å². The number of fused-ring (bicyclic) bond motifs is 3. The lowest BCUT2D eigenvalue weighted by atomic mass is 9.77. The van der Waals surface area contributed by atoms with Gasteiger partial charge in [-0.25, -0.2) is 0 Å². The molecule has 0 bridgehead atoms. The fourth-order valence-electron chi connectivity index (χ4n) is 6.50. The van der Waals surface area contributed by atoms with Crippen molar-refractivity contribution in [2.75, 3.05) is 31.2 Å². The maximum absolute atomic E-state index is 4.28. The predicted octanol–water partition coefficient (Wildman–Crippen LogP) is 6.90. The van der Waals surface area contributed by atoms with Crippen molar-refractivity contribution in [3.05, 3.63) is 73.1 Å². The Kier molecular flexibility index (Phi) is 6.00. The van der Waals surface area contributed by atoms with Crippen LogP contribution < -0.4 is 5.01 Å². The van der Waals surface area contributed by atoms with E-state index < -0.39 is 0 Å². The summed E-state index contributed by atoms with van der Waals surface area (Å²) >= 11 is 0. The third-order valence-electron chi connectivity index (χ3n) is 8.43. The van der Waals surface area contributed by atoms with Gasteiger partial charge in [0, 0.05) is 29.7 Å². The molecule has 1 aliphatic carbocycles. The summed E-state index contributed by atoms with van der Waals surface area (Å²) in [5.74, 6) is 0. The molecule has 2 aromatic heterocycles. The zero-order valence-corrected chi connectivity index (χ0v) is 20.2. The summed E-state index contributed by atoms with van der Waals surface area (Å²) in [5.41, 5.74) is 4.44. The molecule has 1 aliphatic heterocycles. The fourth-order valence-corrected chi connectivity index (χ4v) is 6.50. The van der Waals surface area contributed by atoms with Gasteiger partial charge in [0.25, 0.3) is 0 Å². The number of unbranched alkanes of at least 4 members (excludes halogenated alkanes) is 1. The highest BCUT2D eigenvalue weighted by atomic mass is 15.5. The van der Waals surface area contributed by atoms with Crippen LogP contribution in [0.4, 0.5) is 5.69 Å². The van der Waals surface area contributed by atoms with Crippen LogP contribution in [0.3, 0.4) is 0 Å². The molecule has 0 radical (unpaired) electrons. The molecule has 4 nitrogen and oxygen atoms in total. The molecular weight excluding hydrogens is 416 g/mol. The summed E-state index contributed by atoms with van der Waals surface area (Å²) in [6, 6.07) is 21.8. The standard InChI is InChI=1S/C30H36N4/c1-3-11-28-26(9-1)27-10-2-4-12-29(27)34(28)33(25-13-19-31-20-14-25)22-8-7-21-32-23-17-30(18-24-32)15-5-6-16-30/h1-4,9-14,19-20H,5-8,15-18,21-24H2. The molecule has 2 fully saturated rings. The Morgan fingerprint density at radius 2 is 1.35 bits per heavy atom. The number of nitrogens with zero attached hydrogens (tertiary/aromatic N) is 4. The highest BCUT2D eigenvalue weighted by molar-refractivity contribution is 6.08. The second-order valence-electron chi connectivity index (χ2n) is 10.4. The van der Waals surface area contributed by atoms with Crippen LogP contribution in [0, 0.1) is 5.41 Å². The van der Waals surface area contributed by atoms with Crippen LogP contribution in [0.5, 0.6) is 0 Å². The van der Waals surface area contributed by atoms with Crippen molar-refractivity contribution < 1.29 is 0 Å². The largest absolute Gasteiger partial charge is 0.303 e. The Labute approximate surface area is 203 Å². The Hall–Kier alpha value is -2.85. The molecule has 3 heterocycles. The lowest BCUT2D eigenvalue weighted by Crippen LogP contribution is -2.39. The molecule has 1 spiro atoms. The number of piperidine rings is 1. The van der Waals surface area contributed by atoms with E-state index in [2.05, 4.69) is 80.2 Å². The quantitative estimate of drug-likeness (QED) is 0.285. The summed E-state index contributed by atoms with van der Waals surface area (Å²) in [5, 5.41) is 5.08. The molecule has 0 N–H and O–H groups in total. The van der Waals surface area contributed by atoms with Crippen molar-refractivity contribution in [2.24, 2.45) is 5.41 Å². The molecule has 6 rings (SSSR count). The molecule has 2 aromatic carbocycles. The molecule has 0 atom stereocenters. The number of aromatic nitrogens is 2. The maximum atomic E-state index is 4.28. The number of pyridine rings is 1. The van der Waals surface area contributed by atoms with Crippen LogP contribution in [0.1, 0.15) is 51.4 Å². The Balaban J connectivity index is 1.20. The van der Waals surface area contributed by atoms with E-state index in [1.807, 2.05) is 12.4 Å². The minimum absolute atomic E-state index is 0.713. The van der Waals surface area contributed by atoms with E-state index in [1.54, 1.807) is 0 Å². The van der Waals surface area contributed by atoms with E-state index in [0.29, 0.717) is 5.41 Å². The number of benzene rings is 2. The SMILES string of the molecule is c1ccc2c(c1)c1ccccc1n2N(CCCCN1CCC2(CCCC2)CC1)c1ccncc1. The van der Waals surface area contributed by atoms with Crippen molar-refractivity contribution >= 4 is 27.5 Å². The van der Waals surface area contributed by atoms with Crippen molar-refractivity contribution in [3.8, 4) is 0 Å². The summed E-state index contributed by atoms with van der Waals surface area (Å²) in [6.07, 6.45) is 15.0. The average molecular weight is 453 g/mol. The number of hydrogen-bond acceptors (Lipinski definition) is 3.